The van der Waals surface area contributed by atoms with E-state index in [0.29, 0.717) is 23.7 Å². The third-order valence-corrected chi connectivity index (χ3v) is 6.10. The van der Waals surface area contributed by atoms with Gasteiger partial charge < -0.3 is 10.6 Å². The van der Waals surface area contributed by atoms with Gasteiger partial charge in [-0.25, -0.2) is 0 Å². The van der Waals surface area contributed by atoms with Crippen molar-refractivity contribution in [1.29, 1.82) is 0 Å². The van der Waals surface area contributed by atoms with Crippen LogP contribution in [0.2, 0.25) is 5.02 Å². The van der Waals surface area contributed by atoms with Gasteiger partial charge in [0.15, 0.2) is 0 Å². The molecule has 0 bridgehead atoms. The molecule has 6 heteroatoms. The lowest BCUT2D eigenvalue weighted by Gasteiger charge is -2.08. The SMILES string of the molecule is O=C(CSc1ccc(Cl)cc1)NCCCCCC(=O)Nc1cccc(-c2ccccc2)c1. The van der Waals surface area contributed by atoms with E-state index < -0.39 is 0 Å². The molecule has 3 aromatic rings. The summed E-state index contributed by atoms with van der Waals surface area (Å²) in [6.45, 7) is 0.626. The summed E-state index contributed by atoms with van der Waals surface area (Å²) in [7, 11) is 0. The zero-order valence-corrected chi connectivity index (χ0v) is 19.4. The van der Waals surface area contributed by atoms with Crippen LogP contribution in [0.25, 0.3) is 11.1 Å². The van der Waals surface area contributed by atoms with Gasteiger partial charge in [-0.3, -0.25) is 9.59 Å². The summed E-state index contributed by atoms with van der Waals surface area (Å²) in [4.78, 5) is 25.2. The molecule has 0 spiro atoms. The van der Waals surface area contributed by atoms with E-state index in [0.717, 1.165) is 41.0 Å². The Hall–Kier alpha value is -2.76. The topological polar surface area (TPSA) is 58.2 Å². The van der Waals surface area contributed by atoms with Crippen molar-refractivity contribution in [3.8, 4) is 11.1 Å². The lowest BCUT2D eigenvalue weighted by Crippen LogP contribution is -2.26. The Labute approximate surface area is 198 Å². The maximum Gasteiger partial charge on any atom is 0.230 e. The second kappa shape index (κ2) is 12.9. The average Bonchev–Trinajstić information content (AvgIpc) is 2.81. The number of anilines is 1. The number of halogens is 1. The average molecular weight is 467 g/mol. The first kappa shape index (κ1) is 23.9. The minimum Gasteiger partial charge on any atom is -0.355 e. The van der Waals surface area contributed by atoms with E-state index in [2.05, 4.69) is 22.8 Å². The van der Waals surface area contributed by atoms with E-state index in [1.54, 1.807) is 0 Å². The van der Waals surface area contributed by atoms with Gasteiger partial charge in [-0.15, -0.1) is 11.8 Å². The lowest BCUT2D eigenvalue weighted by atomic mass is 10.1. The summed E-state index contributed by atoms with van der Waals surface area (Å²) >= 11 is 7.35. The molecule has 0 saturated carbocycles. The number of amides is 2. The zero-order valence-electron chi connectivity index (χ0n) is 17.9. The van der Waals surface area contributed by atoms with E-state index in [-0.39, 0.29) is 11.8 Å². The number of benzene rings is 3. The molecule has 0 aliphatic rings. The van der Waals surface area contributed by atoms with Crippen molar-refractivity contribution in [3.05, 3.63) is 83.9 Å². The van der Waals surface area contributed by atoms with Crippen LogP contribution in [0.5, 0.6) is 0 Å². The molecule has 0 fully saturated rings. The number of thioether (sulfide) groups is 1. The molecule has 0 radical (unpaired) electrons. The fraction of sp³-hybridized carbons (Fsp3) is 0.231. The third kappa shape index (κ3) is 8.40. The number of carbonyl (C=O) groups excluding carboxylic acids is 2. The first-order valence-electron chi connectivity index (χ1n) is 10.7. The van der Waals surface area contributed by atoms with Gasteiger partial charge in [0.05, 0.1) is 5.75 Å². The monoisotopic (exact) mass is 466 g/mol. The van der Waals surface area contributed by atoms with Crippen molar-refractivity contribution in [2.24, 2.45) is 0 Å². The zero-order chi connectivity index (χ0) is 22.6. The van der Waals surface area contributed by atoms with Gasteiger partial charge in [0.2, 0.25) is 11.8 Å². The van der Waals surface area contributed by atoms with Crippen LogP contribution in [0.15, 0.2) is 83.8 Å². The minimum absolute atomic E-state index is 0.0126. The molecule has 3 aromatic carbocycles. The van der Waals surface area contributed by atoms with Gasteiger partial charge in [0, 0.05) is 28.6 Å². The van der Waals surface area contributed by atoms with Gasteiger partial charge >= 0.3 is 0 Å². The molecule has 0 atom stereocenters. The van der Waals surface area contributed by atoms with Gasteiger partial charge in [-0.05, 0) is 60.4 Å². The summed E-state index contributed by atoms with van der Waals surface area (Å²) < 4.78 is 0. The second-order valence-electron chi connectivity index (χ2n) is 7.40. The van der Waals surface area contributed by atoms with Crippen LogP contribution in [0, 0.1) is 0 Å². The van der Waals surface area contributed by atoms with Gasteiger partial charge in [0.1, 0.15) is 0 Å². The van der Waals surface area contributed by atoms with Crippen LogP contribution in [-0.2, 0) is 9.59 Å². The van der Waals surface area contributed by atoms with E-state index in [9.17, 15) is 9.59 Å². The van der Waals surface area contributed by atoms with Crippen LogP contribution >= 0.6 is 23.4 Å². The fourth-order valence-corrected chi connectivity index (χ4v) is 4.03. The number of rotatable bonds is 11. The van der Waals surface area contributed by atoms with Crippen molar-refractivity contribution in [3.63, 3.8) is 0 Å². The number of hydrogen-bond acceptors (Lipinski definition) is 3. The van der Waals surface area contributed by atoms with Crippen LogP contribution in [0.3, 0.4) is 0 Å². The quantitative estimate of drug-likeness (QED) is 0.253. The molecule has 0 aliphatic carbocycles. The van der Waals surface area contributed by atoms with Crippen molar-refractivity contribution in [1.82, 2.24) is 5.32 Å². The van der Waals surface area contributed by atoms with Crippen molar-refractivity contribution >= 4 is 40.9 Å². The van der Waals surface area contributed by atoms with Crippen LogP contribution in [0.4, 0.5) is 5.69 Å². The number of hydrogen-bond donors (Lipinski definition) is 2. The summed E-state index contributed by atoms with van der Waals surface area (Å²) in [5.74, 6) is 0.408. The van der Waals surface area contributed by atoms with Crippen molar-refractivity contribution in [2.75, 3.05) is 17.6 Å². The van der Waals surface area contributed by atoms with E-state index in [4.69, 9.17) is 11.6 Å². The molecule has 0 heterocycles. The standard InChI is InChI=1S/C26H27ClN2O2S/c27-22-13-15-24(16-14-22)32-19-26(31)28-17-6-2-5-12-25(30)29-23-11-7-10-21(18-23)20-8-3-1-4-9-20/h1,3-4,7-11,13-16,18H,2,5-6,12,17,19H2,(H,28,31)(H,29,30). The molecule has 0 aliphatic heterocycles. The van der Waals surface area contributed by atoms with Crippen molar-refractivity contribution < 1.29 is 9.59 Å². The van der Waals surface area contributed by atoms with Crippen LogP contribution in [-0.4, -0.2) is 24.1 Å². The molecule has 0 aromatic heterocycles. The Kier molecular flexibility index (Phi) is 9.66. The van der Waals surface area contributed by atoms with Gasteiger partial charge in [-0.2, -0.15) is 0 Å². The first-order chi connectivity index (χ1) is 15.6. The van der Waals surface area contributed by atoms with E-state index in [1.807, 2.05) is 66.7 Å². The Morgan fingerprint density at radius 2 is 1.53 bits per heavy atom. The molecule has 2 amide bonds. The van der Waals surface area contributed by atoms with Gasteiger partial charge in [-0.1, -0.05) is 60.5 Å². The van der Waals surface area contributed by atoms with Crippen LogP contribution < -0.4 is 10.6 Å². The minimum atomic E-state index is 0.0126. The Morgan fingerprint density at radius 1 is 0.781 bits per heavy atom. The predicted molar refractivity (Wildman–Crippen MR) is 134 cm³/mol. The summed E-state index contributed by atoms with van der Waals surface area (Å²) in [5, 5.41) is 6.59. The Morgan fingerprint density at radius 3 is 2.31 bits per heavy atom. The second-order valence-corrected chi connectivity index (χ2v) is 8.88. The summed E-state index contributed by atoms with van der Waals surface area (Å²) in [6, 6.07) is 25.4. The predicted octanol–water partition coefficient (Wildman–Crippen LogP) is 6.41. The molecule has 4 nitrogen and oxygen atoms in total. The highest BCUT2D eigenvalue weighted by Crippen LogP contribution is 2.22. The molecule has 0 unspecified atom stereocenters. The maximum absolute atomic E-state index is 12.3. The number of carbonyl (C=O) groups is 2. The molecule has 0 saturated heterocycles. The molecule has 32 heavy (non-hydrogen) atoms. The highest BCUT2D eigenvalue weighted by atomic mass is 35.5. The number of unbranched alkanes of at least 4 members (excludes halogenated alkanes) is 2. The van der Waals surface area contributed by atoms with Crippen LogP contribution in [0.1, 0.15) is 25.7 Å². The smallest absolute Gasteiger partial charge is 0.230 e. The largest absolute Gasteiger partial charge is 0.355 e. The molecule has 166 valence electrons. The molecular weight excluding hydrogens is 440 g/mol. The highest BCUT2D eigenvalue weighted by molar-refractivity contribution is 8.00. The summed E-state index contributed by atoms with van der Waals surface area (Å²) in [5.41, 5.74) is 3.01. The molecule has 3 rings (SSSR count). The lowest BCUT2D eigenvalue weighted by molar-refractivity contribution is -0.118. The number of nitrogens with one attached hydrogen (secondary N) is 2. The van der Waals surface area contributed by atoms with E-state index >= 15 is 0 Å². The van der Waals surface area contributed by atoms with E-state index in [1.165, 1.54) is 11.8 Å². The first-order valence-corrected chi connectivity index (χ1v) is 12.1. The Balaban J connectivity index is 1.28. The highest BCUT2D eigenvalue weighted by Gasteiger charge is 2.05. The summed E-state index contributed by atoms with van der Waals surface area (Å²) in [6.07, 6.45) is 3.01. The van der Waals surface area contributed by atoms with Gasteiger partial charge in [0.25, 0.3) is 0 Å². The normalized spacial score (nSPS) is 10.5. The maximum atomic E-state index is 12.3. The fourth-order valence-electron chi connectivity index (χ4n) is 3.18. The molecule has 2 N–H and O–H groups in total. The Bertz CT molecular complexity index is 1010. The van der Waals surface area contributed by atoms with Crippen molar-refractivity contribution in [2.45, 2.75) is 30.6 Å². The third-order valence-electron chi connectivity index (χ3n) is 4.84. The molecular formula is C26H27ClN2O2S.